The highest BCUT2D eigenvalue weighted by molar-refractivity contribution is 6.36. The quantitative estimate of drug-likeness (QED) is 0.840. The molecule has 0 fully saturated rings. The highest BCUT2D eigenvalue weighted by atomic mass is 35.5. The predicted molar refractivity (Wildman–Crippen MR) is 95.9 cm³/mol. The van der Waals surface area contributed by atoms with E-state index in [1.165, 1.54) is 31.3 Å². The van der Waals surface area contributed by atoms with Gasteiger partial charge in [0.1, 0.15) is 18.1 Å². The zero-order chi connectivity index (χ0) is 16.5. The van der Waals surface area contributed by atoms with Crippen LogP contribution in [0.3, 0.4) is 0 Å². The summed E-state index contributed by atoms with van der Waals surface area (Å²) in [6.45, 7) is 1.93. The standard InChI is InChI=1S/C19H21ClN2O2/c20-15-6-7-17-18-14(15)12-16(22(18)10-11-24-17)19(23)21-9-8-13-4-2-1-3-5-13/h4,6-7,12H,1-3,5,8-11H2,(H,21,23). The molecule has 5 heteroatoms. The fraction of sp³-hybridized carbons (Fsp3) is 0.421. The minimum atomic E-state index is -0.0356. The summed E-state index contributed by atoms with van der Waals surface area (Å²) in [5, 5.41) is 4.60. The molecule has 1 aliphatic carbocycles. The third-order valence-electron chi connectivity index (χ3n) is 4.89. The van der Waals surface area contributed by atoms with Crippen molar-refractivity contribution in [1.29, 1.82) is 0 Å². The largest absolute Gasteiger partial charge is 0.490 e. The monoisotopic (exact) mass is 344 g/mol. The number of nitrogens with one attached hydrogen (secondary N) is 1. The van der Waals surface area contributed by atoms with Crippen molar-refractivity contribution in [3.05, 3.63) is 40.6 Å². The van der Waals surface area contributed by atoms with Crippen molar-refractivity contribution < 1.29 is 9.53 Å². The van der Waals surface area contributed by atoms with Gasteiger partial charge >= 0.3 is 0 Å². The van der Waals surface area contributed by atoms with Crippen LogP contribution in [-0.2, 0) is 6.54 Å². The second-order valence-corrected chi connectivity index (χ2v) is 6.86. The number of hydrogen-bond acceptors (Lipinski definition) is 2. The van der Waals surface area contributed by atoms with Crippen LogP contribution in [-0.4, -0.2) is 23.6 Å². The molecular weight excluding hydrogens is 324 g/mol. The zero-order valence-corrected chi connectivity index (χ0v) is 14.4. The number of nitrogens with zero attached hydrogens (tertiary/aromatic N) is 1. The van der Waals surface area contributed by atoms with Crippen LogP contribution < -0.4 is 10.1 Å². The van der Waals surface area contributed by atoms with E-state index >= 15 is 0 Å². The summed E-state index contributed by atoms with van der Waals surface area (Å²) in [5.41, 5.74) is 3.07. The van der Waals surface area contributed by atoms with Gasteiger partial charge in [-0.2, -0.15) is 0 Å². The number of carbonyl (C=O) groups is 1. The van der Waals surface area contributed by atoms with Gasteiger partial charge in [0.25, 0.3) is 5.91 Å². The minimum Gasteiger partial charge on any atom is -0.490 e. The van der Waals surface area contributed by atoms with E-state index in [1.807, 2.05) is 22.8 Å². The maximum Gasteiger partial charge on any atom is 0.267 e. The lowest BCUT2D eigenvalue weighted by atomic mass is 9.97. The lowest BCUT2D eigenvalue weighted by molar-refractivity contribution is 0.0943. The molecule has 126 valence electrons. The van der Waals surface area contributed by atoms with Crippen molar-refractivity contribution in [3.63, 3.8) is 0 Å². The first kappa shape index (κ1) is 15.6. The molecule has 1 amide bonds. The lowest BCUT2D eigenvalue weighted by Gasteiger charge is -2.19. The van der Waals surface area contributed by atoms with Crippen molar-refractivity contribution in [2.45, 2.75) is 38.6 Å². The van der Waals surface area contributed by atoms with Crippen LogP contribution in [0.1, 0.15) is 42.6 Å². The van der Waals surface area contributed by atoms with E-state index in [2.05, 4.69) is 11.4 Å². The second-order valence-electron chi connectivity index (χ2n) is 6.45. The summed E-state index contributed by atoms with van der Waals surface area (Å²) < 4.78 is 7.71. The molecule has 0 radical (unpaired) electrons. The topological polar surface area (TPSA) is 43.3 Å². The van der Waals surface area contributed by atoms with Gasteiger partial charge in [0.15, 0.2) is 0 Å². The Morgan fingerprint density at radius 1 is 1.33 bits per heavy atom. The molecule has 1 N–H and O–H groups in total. The zero-order valence-electron chi connectivity index (χ0n) is 13.6. The number of aromatic nitrogens is 1. The summed E-state index contributed by atoms with van der Waals surface area (Å²) in [5.74, 6) is 0.763. The van der Waals surface area contributed by atoms with Gasteiger partial charge < -0.3 is 14.6 Å². The van der Waals surface area contributed by atoms with Gasteiger partial charge in [-0.25, -0.2) is 0 Å². The molecule has 0 unspecified atom stereocenters. The van der Waals surface area contributed by atoms with Crippen molar-refractivity contribution in [2.75, 3.05) is 13.2 Å². The minimum absolute atomic E-state index is 0.0356. The number of ether oxygens (including phenoxy) is 1. The highest BCUT2D eigenvalue weighted by Gasteiger charge is 2.22. The summed E-state index contributed by atoms with van der Waals surface area (Å²) in [4.78, 5) is 12.6. The molecule has 24 heavy (non-hydrogen) atoms. The smallest absolute Gasteiger partial charge is 0.267 e. The van der Waals surface area contributed by atoms with Gasteiger partial charge in [-0.3, -0.25) is 4.79 Å². The summed E-state index contributed by atoms with van der Waals surface area (Å²) in [7, 11) is 0. The van der Waals surface area contributed by atoms with E-state index in [1.54, 1.807) is 0 Å². The lowest BCUT2D eigenvalue weighted by Crippen LogP contribution is -2.28. The second kappa shape index (κ2) is 6.52. The van der Waals surface area contributed by atoms with Crippen LogP contribution in [0.25, 0.3) is 10.9 Å². The van der Waals surface area contributed by atoms with Crippen LogP contribution in [0, 0.1) is 0 Å². The first-order valence-electron chi connectivity index (χ1n) is 8.64. The number of carbonyl (C=O) groups excluding carboxylic acids is 1. The van der Waals surface area contributed by atoms with Crippen LogP contribution in [0.4, 0.5) is 0 Å². The molecule has 2 aliphatic rings. The predicted octanol–water partition coefficient (Wildman–Crippen LogP) is 4.31. The van der Waals surface area contributed by atoms with Crippen molar-refractivity contribution in [3.8, 4) is 5.75 Å². The normalized spacial score (nSPS) is 16.6. The fourth-order valence-electron chi connectivity index (χ4n) is 3.66. The van der Waals surface area contributed by atoms with Gasteiger partial charge in [-0.15, -0.1) is 0 Å². The van der Waals surface area contributed by atoms with E-state index in [9.17, 15) is 4.79 Å². The molecule has 0 bridgehead atoms. The Morgan fingerprint density at radius 2 is 2.25 bits per heavy atom. The Bertz CT molecular complexity index is 822. The van der Waals surface area contributed by atoms with E-state index in [-0.39, 0.29) is 5.91 Å². The van der Waals surface area contributed by atoms with Crippen molar-refractivity contribution in [2.24, 2.45) is 0 Å². The molecule has 1 aromatic heterocycles. The van der Waals surface area contributed by atoms with E-state index in [0.29, 0.717) is 30.4 Å². The van der Waals surface area contributed by atoms with Crippen molar-refractivity contribution in [1.82, 2.24) is 9.88 Å². The first-order chi connectivity index (χ1) is 11.7. The van der Waals surface area contributed by atoms with E-state index < -0.39 is 0 Å². The van der Waals surface area contributed by atoms with E-state index in [4.69, 9.17) is 16.3 Å². The molecule has 4 rings (SSSR count). The molecule has 0 saturated heterocycles. The molecule has 1 aromatic carbocycles. The summed E-state index contributed by atoms with van der Waals surface area (Å²) in [6.07, 6.45) is 8.19. The number of amides is 1. The van der Waals surface area contributed by atoms with Gasteiger partial charge in [0, 0.05) is 11.9 Å². The Labute approximate surface area is 146 Å². The first-order valence-corrected chi connectivity index (χ1v) is 9.02. The Hall–Kier alpha value is -1.94. The molecule has 4 nitrogen and oxygen atoms in total. The third kappa shape index (κ3) is 2.80. The number of benzene rings is 1. The number of halogens is 1. The molecule has 2 aromatic rings. The molecule has 0 spiro atoms. The maximum absolute atomic E-state index is 12.6. The molecule has 0 saturated carbocycles. The van der Waals surface area contributed by atoms with E-state index in [0.717, 1.165) is 23.1 Å². The fourth-order valence-corrected chi connectivity index (χ4v) is 3.86. The van der Waals surface area contributed by atoms with Gasteiger partial charge in [0.05, 0.1) is 17.1 Å². The van der Waals surface area contributed by atoms with Crippen LogP contribution in [0.15, 0.2) is 29.8 Å². The van der Waals surface area contributed by atoms with Gasteiger partial charge in [0.2, 0.25) is 0 Å². The Morgan fingerprint density at radius 3 is 3.08 bits per heavy atom. The van der Waals surface area contributed by atoms with Crippen LogP contribution in [0.5, 0.6) is 5.75 Å². The average Bonchev–Trinajstić information content (AvgIpc) is 3.01. The summed E-state index contributed by atoms with van der Waals surface area (Å²) >= 11 is 6.30. The molecular formula is C19H21ClN2O2. The van der Waals surface area contributed by atoms with Gasteiger partial charge in [-0.1, -0.05) is 23.3 Å². The Balaban J connectivity index is 1.53. The highest BCUT2D eigenvalue weighted by Crippen LogP contribution is 2.36. The van der Waals surface area contributed by atoms with Crippen LogP contribution >= 0.6 is 11.6 Å². The summed E-state index contributed by atoms with van der Waals surface area (Å²) in [6, 6.07) is 5.58. The third-order valence-corrected chi connectivity index (χ3v) is 5.22. The Kier molecular flexibility index (Phi) is 4.23. The number of allylic oxidation sites excluding steroid dienone is 1. The average molecular weight is 345 g/mol. The number of rotatable bonds is 4. The van der Waals surface area contributed by atoms with Crippen molar-refractivity contribution >= 4 is 28.4 Å². The van der Waals surface area contributed by atoms with Crippen LogP contribution in [0.2, 0.25) is 5.02 Å². The molecule has 2 heterocycles. The molecule has 0 atom stereocenters. The molecule has 1 aliphatic heterocycles. The maximum atomic E-state index is 12.6. The SMILES string of the molecule is O=C(NCCC1=CCCCC1)c1cc2c(Cl)ccc3c2n1CCO3. The van der Waals surface area contributed by atoms with Gasteiger partial charge in [-0.05, 0) is 50.3 Å². The number of hydrogen-bond donors (Lipinski definition) is 1.